The molecule has 0 fully saturated rings. The Morgan fingerprint density at radius 1 is 0.971 bits per heavy atom. The van der Waals surface area contributed by atoms with Crippen LogP contribution in [0.1, 0.15) is 44.3 Å². The highest BCUT2D eigenvalue weighted by Crippen LogP contribution is 2.18. The number of rotatable bonds is 10. The number of amides is 1. The molecule has 1 amide bonds. The second-order valence-electron chi connectivity index (χ2n) is 8.51. The van der Waals surface area contributed by atoms with Gasteiger partial charge in [-0.25, -0.2) is 4.98 Å². The highest BCUT2D eigenvalue weighted by atomic mass is 16.3. The van der Waals surface area contributed by atoms with Gasteiger partial charge in [0.1, 0.15) is 6.26 Å². The van der Waals surface area contributed by atoms with Gasteiger partial charge in [0.25, 0.3) is 5.91 Å². The summed E-state index contributed by atoms with van der Waals surface area (Å²) in [6, 6.07) is 22.6. The summed E-state index contributed by atoms with van der Waals surface area (Å²) in [6.45, 7) is 6.75. The van der Waals surface area contributed by atoms with Crippen LogP contribution in [0.4, 0.5) is 0 Å². The summed E-state index contributed by atoms with van der Waals surface area (Å²) in [4.78, 5) is 23.5. The van der Waals surface area contributed by atoms with Gasteiger partial charge in [-0.3, -0.25) is 14.7 Å². The molecular formula is C28H30N4O2. The van der Waals surface area contributed by atoms with Gasteiger partial charge in [0.2, 0.25) is 5.89 Å². The summed E-state index contributed by atoms with van der Waals surface area (Å²) in [7, 11) is 0. The lowest BCUT2D eigenvalue weighted by Crippen LogP contribution is -2.26. The van der Waals surface area contributed by atoms with Crippen molar-refractivity contribution in [1.29, 1.82) is 0 Å². The highest BCUT2D eigenvalue weighted by Gasteiger charge is 2.16. The Hall–Kier alpha value is -3.77. The minimum atomic E-state index is -0.241. The zero-order chi connectivity index (χ0) is 23.8. The molecule has 4 aromatic rings. The molecule has 2 aromatic heterocycles. The Labute approximate surface area is 200 Å². The molecule has 0 aliphatic carbocycles. The first-order chi connectivity index (χ1) is 16.6. The summed E-state index contributed by atoms with van der Waals surface area (Å²) in [6.07, 6.45) is 3.85. The predicted molar refractivity (Wildman–Crippen MR) is 132 cm³/mol. The number of carbonyl (C=O) groups is 1. The zero-order valence-electron chi connectivity index (χ0n) is 19.7. The number of nitrogens with zero attached hydrogens (tertiary/aromatic N) is 3. The number of hydrogen-bond acceptors (Lipinski definition) is 5. The van der Waals surface area contributed by atoms with E-state index in [9.17, 15) is 4.79 Å². The largest absolute Gasteiger partial charge is 0.447 e. The third kappa shape index (κ3) is 6.62. The van der Waals surface area contributed by atoms with Gasteiger partial charge in [-0.05, 0) is 42.7 Å². The van der Waals surface area contributed by atoms with Crippen molar-refractivity contribution < 1.29 is 9.21 Å². The first-order valence-electron chi connectivity index (χ1n) is 11.5. The molecule has 2 heterocycles. The number of pyridine rings is 1. The maximum Gasteiger partial charge on any atom is 0.273 e. The van der Waals surface area contributed by atoms with Crippen LogP contribution in [0.2, 0.25) is 0 Å². The molecule has 4 rings (SSSR count). The van der Waals surface area contributed by atoms with Crippen molar-refractivity contribution in [1.82, 2.24) is 20.2 Å². The topological polar surface area (TPSA) is 71.3 Å². The van der Waals surface area contributed by atoms with Crippen molar-refractivity contribution in [3.05, 3.63) is 119 Å². The Bertz CT molecular complexity index is 1210. The van der Waals surface area contributed by atoms with Gasteiger partial charge in [-0.15, -0.1) is 0 Å². The average molecular weight is 455 g/mol. The summed E-state index contributed by atoms with van der Waals surface area (Å²) < 4.78 is 5.68. The van der Waals surface area contributed by atoms with Gasteiger partial charge in [-0.1, -0.05) is 60.2 Å². The SMILES string of the molecule is Cc1ccc(CN(Cc2ccccc2)Cc2nc(C(=O)NCCc3ccccn3)co2)c(C)c1. The van der Waals surface area contributed by atoms with Gasteiger partial charge in [0.05, 0.1) is 6.54 Å². The lowest BCUT2D eigenvalue weighted by atomic mass is 10.0. The molecule has 0 unspecified atom stereocenters. The van der Waals surface area contributed by atoms with Crippen LogP contribution in [0.3, 0.4) is 0 Å². The number of aromatic nitrogens is 2. The Kier molecular flexibility index (Phi) is 7.83. The van der Waals surface area contributed by atoms with Crippen LogP contribution in [-0.4, -0.2) is 27.3 Å². The highest BCUT2D eigenvalue weighted by molar-refractivity contribution is 5.91. The summed E-state index contributed by atoms with van der Waals surface area (Å²) in [5.74, 6) is 0.283. The van der Waals surface area contributed by atoms with Crippen LogP contribution >= 0.6 is 0 Å². The molecule has 0 atom stereocenters. The molecule has 34 heavy (non-hydrogen) atoms. The van der Waals surface area contributed by atoms with Crippen LogP contribution in [0.15, 0.2) is 83.6 Å². The second kappa shape index (κ2) is 11.4. The zero-order valence-corrected chi connectivity index (χ0v) is 19.7. The third-order valence-electron chi connectivity index (χ3n) is 5.68. The van der Waals surface area contributed by atoms with Gasteiger partial charge >= 0.3 is 0 Å². The van der Waals surface area contributed by atoms with E-state index in [0.29, 0.717) is 31.1 Å². The van der Waals surface area contributed by atoms with Crippen LogP contribution in [0.25, 0.3) is 0 Å². The first-order valence-corrected chi connectivity index (χ1v) is 11.5. The number of nitrogens with one attached hydrogen (secondary N) is 1. The number of benzene rings is 2. The predicted octanol–water partition coefficient (Wildman–Crippen LogP) is 4.86. The molecule has 0 bridgehead atoms. The minimum Gasteiger partial charge on any atom is -0.447 e. The van der Waals surface area contributed by atoms with Gasteiger partial charge < -0.3 is 9.73 Å². The normalized spacial score (nSPS) is 11.0. The fraction of sp³-hybridized carbons (Fsp3) is 0.250. The third-order valence-corrected chi connectivity index (χ3v) is 5.68. The Morgan fingerprint density at radius 2 is 1.79 bits per heavy atom. The molecular weight excluding hydrogens is 424 g/mol. The molecule has 1 N–H and O–H groups in total. The molecule has 2 aromatic carbocycles. The molecule has 0 aliphatic rings. The van der Waals surface area contributed by atoms with E-state index in [2.05, 4.69) is 64.4 Å². The number of carbonyl (C=O) groups excluding carboxylic acids is 1. The molecule has 0 spiro atoms. The lowest BCUT2D eigenvalue weighted by molar-refractivity contribution is 0.0949. The van der Waals surface area contributed by atoms with Gasteiger partial charge in [0.15, 0.2) is 5.69 Å². The number of oxazole rings is 1. The van der Waals surface area contributed by atoms with Crippen LogP contribution in [-0.2, 0) is 26.1 Å². The number of aryl methyl sites for hydroxylation is 2. The smallest absolute Gasteiger partial charge is 0.273 e. The van der Waals surface area contributed by atoms with E-state index in [1.807, 2.05) is 36.4 Å². The van der Waals surface area contributed by atoms with E-state index in [1.54, 1.807) is 6.20 Å². The van der Waals surface area contributed by atoms with E-state index in [0.717, 1.165) is 18.8 Å². The summed E-state index contributed by atoms with van der Waals surface area (Å²) in [5.41, 5.74) is 6.22. The molecule has 174 valence electrons. The molecule has 0 saturated carbocycles. The van der Waals surface area contributed by atoms with Crippen molar-refractivity contribution >= 4 is 5.91 Å². The van der Waals surface area contributed by atoms with Gasteiger partial charge in [0, 0.05) is 37.9 Å². The quantitative estimate of drug-likeness (QED) is 0.370. The standard InChI is InChI=1S/C28H30N4O2/c1-21-11-12-24(22(2)16-21)18-32(17-23-8-4-3-5-9-23)19-27-31-26(20-34-27)28(33)30-15-13-25-10-6-7-14-29-25/h3-12,14,16,20H,13,15,17-19H2,1-2H3,(H,30,33). The van der Waals surface area contributed by atoms with Gasteiger partial charge in [-0.2, -0.15) is 0 Å². The maximum absolute atomic E-state index is 12.5. The fourth-order valence-electron chi connectivity index (χ4n) is 3.89. The number of hydrogen-bond donors (Lipinski definition) is 1. The van der Waals surface area contributed by atoms with E-state index in [-0.39, 0.29) is 5.91 Å². The second-order valence-corrected chi connectivity index (χ2v) is 8.51. The van der Waals surface area contributed by atoms with Crippen molar-refractivity contribution in [2.45, 2.75) is 39.9 Å². The van der Waals surface area contributed by atoms with E-state index >= 15 is 0 Å². The monoisotopic (exact) mass is 454 g/mol. The molecule has 0 aliphatic heterocycles. The molecule has 0 saturated heterocycles. The first kappa shape index (κ1) is 23.4. The molecule has 6 nitrogen and oxygen atoms in total. The van der Waals surface area contributed by atoms with E-state index < -0.39 is 0 Å². The minimum absolute atomic E-state index is 0.241. The molecule has 6 heteroatoms. The van der Waals surface area contributed by atoms with Crippen molar-refractivity contribution in [2.75, 3.05) is 6.54 Å². The van der Waals surface area contributed by atoms with Crippen molar-refractivity contribution in [3.63, 3.8) is 0 Å². The van der Waals surface area contributed by atoms with Crippen LogP contribution in [0, 0.1) is 13.8 Å². The fourth-order valence-corrected chi connectivity index (χ4v) is 3.89. The van der Waals surface area contributed by atoms with E-state index in [4.69, 9.17) is 4.42 Å². The van der Waals surface area contributed by atoms with Crippen molar-refractivity contribution in [3.8, 4) is 0 Å². The Morgan fingerprint density at radius 3 is 2.56 bits per heavy atom. The van der Waals surface area contributed by atoms with Crippen LogP contribution < -0.4 is 5.32 Å². The van der Waals surface area contributed by atoms with E-state index in [1.165, 1.54) is 28.5 Å². The Balaban J connectivity index is 1.41. The van der Waals surface area contributed by atoms with Crippen LogP contribution in [0.5, 0.6) is 0 Å². The average Bonchev–Trinajstić information content (AvgIpc) is 3.31. The summed E-state index contributed by atoms with van der Waals surface area (Å²) >= 11 is 0. The lowest BCUT2D eigenvalue weighted by Gasteiger charge is -2.22. The summed E-state index contributed by atoms with van der Waals surface area (Å²) in [5, 5.41) is 2.89. The molecule has 0 radical (unpaired) electrons. The van der Waals surface area contributed by atoms with Crippen molar-refractivity contribution in [2.24, 2.45) is 0 Å². The maximum atomic E-state index is 12.5.